The summed E-state index contributed by atoms with van der Waals surface area (Å²) in [4.78, 5) is 12.4. The van der Waals surface area contributed by atoms with Crippen LogP contribution in [0.2, 0.25) is 0 Å². The molecule has 0 fully saturated rings. The van der Waals surface area contributed by atoms with E-state index in [1.807, 2.05) is 35.9 Å². The van der Waals surface area contributed by atoms with Crippen molar-refractivity contribution in [2.24, 2.45) is 7.05 Å². The maximum absolute atomic E-state index is 12.4. The molecule has 0 bridgehead atoms. The van der Waals surface area contributed by atoms with E-state index in [2.05, 4.69) is 30.3 Å². The van der Waals surface area contributed by atoms with Crippen LogP contribution < -0.4 is 5.69 Å². The number of hydrogen-bond donors (Lipinski definition) is 0. The first-order valence-electron chi connectivity index (χ1n) is 8.15. The molecule has 1 aromatic heterocycles. The van der Waals surface area contributed by atoms with Crippen LogP contribution in [-0.2, 0) is 20.0 Å². The van der Waals surface area contributed by atoms with Gasteiger partial charge in [0.25, 0.3) is 0 Å². The predicted molar refractivity (Wildman–Crippen MR) is 94.5 cm³/mol. The summed E-state index contributed by atoms with van der Waals surface area (Å²) in [5.41, 5.74) is 6.36. The van der Waals surface area contributed by atoms with E-state index in [1.54, 1.807) is 4.57 Å². The van der Waals surface area contributed by atoms with E-state index in [1.165, 1.54) is 16.7 Å². The van der Waals surface area contributed by atoms with Crippen LogP contribution >= 0.6 is 0 Å². The minimum absolute atomic E-state index is 0.0786. The van der Waals surface area contributed by atoms with Gasteiger partial charge in [-0.3, -0.25) is 9.13 Å². The van der Waals surface area contributed by atoms with E-state index in [0.29, 0.717) is 0 Å². The normalized spacial score (nSPS) is 13.3. The van der Waals surface area contributed by atoms with Crippen LogP contribution in [0.25, 0.3) is 17.1 Å². The SMILES string of the molecule is Cn1c(=O)n(CCCC2=Cc3ccccc3C2)c2ccccc21. The Bertz CT molecular complexity index is 959. The lowest BCUT2D eigenvalue weighted by Gasteiger charge is -2.04. The fourth-order valence-corrected chi connectivity index (χ4v) is 3.56. The van der Waals surface area contributed by atoms with Crippen LogP contribution in [0.4, 0.5) is 0 Å². The fourth-order valence-electron chi connectivity index (χ4n) is 3.56. The summed E-state index contributed by atoms with van der Waals surface area (Å²) >= 11 is 0. The molecule has 0 saturated carbocycles. The van der Waals surface area contributed by atoms with Crippen molar-refractivity contribution in [3.8, 4) is 0 Å². The first-order valence-corrected chi connectivity index (χ1v) is 8.15. The quantitative estimate of drug-likeness (QED) is 0.721. The molecule has 3 heteroatoms. The summed E-state index contributed by atoms with van der Waals surface area (Å²) < 4.78 is 3.64. The molecule has 0 atom stereocenters. The van der Waals surface area contributed by atoms with E-state index in [4.69, 9.17) is 0 Å². The molecule has 23 heavy (non-hydrogen) atoms. The van der Waals surface area contributed by atoms with Crippen LogP contribution in [0.15, 0.2) is 58.9 Å². The number of hydrogen-bond acceptors (Lipinski definition) is 1. The Balaban J connectivity index is 1.49. The van der Waals surface area contributed by atoms with Gasteiger partial charge in [0.1, 0.15) is 0 Å². The van der Waals surface area contributed by atoms with Gasteiger partial charge in [-0.25, -0.2) is 4.79 Å². The lowest BCUT2D eigenvalue weighted by atomic mass is 10.1. The molecule has 0 radical (unpaired) electrons. The van der Waals surface area contributed by atoms with Crippen molar-refractivity contribution in [2.75, 3.05) is 0 Å². The molecule has 0 saturated heterocycles. The molecule has 0 aliphatic heterocycles. The van der Waals surface area contributed by atoms with Gasteiger partial charge >= 0.3 is 5.69 Å². The van der Waals surface area contributed by atoms with Gasteiger partial charge in [0.2, 0.25) is 0 Å². The maximum atomic E-state index is 12.4. The van der Waals surface area contributed by atoms with E-state index in [0.717, 1.165) is 36.8 Å². The van der Waals surface area contributed by atoms with Crippen molar-refractivity contribution in [1.29, 1.82) is 0 Å². The Morgan fingerprint density at radius 1 is 1.00 bits per heavy atom. The van der Waals surface area contributed by atoms with E-state index in [-0.39, 0.29) is 5.69 Å². The molecule has 1 aliphatic rings. The molecule has 2 aromatic carbocycles. The van der Waals surface area contributed by atoms with E-state index < -0.39 is 0 Å². The summed E-state index contributed by atoms with van der Waals surface area (Å²) in [5, 5.41) is 0. The Morgan fingerprint density at radius 3 is 2.57 bits per heavy atom. The Morgan fingerprint density at radius 2 is 1.74 bits per heavy atom. The van der Waals surface area contributed by atoms with Gasteiger partial charge in [0.15, 0.2) is 0 Å². The molecule has 0 spiro atoms. The van der Waals surface area contributed by atoms with Gasteiger partial charge in [0.05, 0.1) is 11.0 Å². The molecule has 3 nitrogen and oxygen atoms in total. The summed E-state index contributed by atoms with van der Waals surface area (Å²) in [6.07, 6.45) is 5.40. The van der Waals surface area contributed by atoms with Crippen LogP contribution in [0.3, 0.4) is 0 Å². The zero-order valence-electron chi connectivity index (χ0n) is 13.3. The monoisotopic (exact) mass is 304 g/mol. The molecule has 116 valence electrons. The number of imidazole rings is 1. The third kappa shape index (κ3) is 2.42. The fraction of sp³-hybridized carbons (Fsp3) is 0.250. The van der Waals surface area contributed by atoms with E-state index >= 15 is 0 Å². The number of allylic oxidation sites excluding steroid dienone is 1. The highest BCUT2D eigenvalue weighted by molar-refractivity contribution is 5.75. The lowest BCUT2D eigenvalue weighted by Crippen LogP contribution is -2.22. The zero-order chi connectivity index (χ0) is 15.8. The number of para-hydroxylation sites is 2. The second-order valence-electron chi connectivity index (χ2n) is 6.26. The minimum Gasteiger partial charge on any atom is -0.295 e. The van der Waals surface area contributed by atoms with Crippen molar-refractivity contribution >= 4 is 17.1 Å². The number of rotatable bonds is 4. The molecule has 4 rings (SSSR count). The highest BCUT2D eigenvalue weighted by Crippen LogP contribution is 2.27. The number of nitrogens with zero attached hydrogens (tertiary/aromatic N) is 2. The summed E-state index contributed by atoms with van der Waals surface area (Å²) in [5.74, 6) is 0. The van der Waals surface area contributed by atoms with Crippen LogP contribution in [0, 0.1) is 0 Å². The summed E-state index contributed by atoms with van der Waals surface area (Å²) in [6, 6.07) is 16.6. The lowest BCUT2D eigenvalue weighted by molar-refractivity contribution is 0.620. The third-order valence-electron chi connectivity index (χ3n) is 4.76. The Hall–Kier alpha value is -2.55. The van der Waals surface area contributed by atoms with Gasteiger partial charge < -0.3 is 0 Å². The van der Waals surface area contributed by atoms with Crippen molar-refractivity contribution < 1.29 is 0 Å². The standard InChI is InChI=1S/C20H20N2O/c1-21-18-10-4-5-11-19(18)22(20(21)23)12-6-7-15-13-16-8-2-3-9-17(16)14-15/h2-5,8-11,13H,6-7,12,14H2,1H3. The predicted octanol–water partition coefficient (Wildman–Crippen LogP) is 3.76. The van der Waals surface area contributed by atoms with Gasteiger partial charge in [-0.05, 0) is 42.5 Å². The maximum Gasteiger partial charge on any atom is 0.328 e. The molecule has 1 aliphatic carbocycles. The average molecular weight is 304 g/mol. The van der Waals surface area contributed by atoms with Crippen LogP contribution in [0.1, 0.15) is 24.0 Å². The zero-order valence-corrected chi connectivity index (χ0v) is 13.3. The van der Waals surface area contributed by atoms with E-state index in [9.17, 15) is 4.79 Å². The van der Waals surface area contributed by atoms with Crippen LogP contribution in [0.5, 0.6) is 0 Å². The molecule has 0 amide bonds. The van der Waals surface area contributed by atoms with Crippen molar-refractivity contribution in [3.05, 3.63) is 75.7 Å². The van der Waals surface area contributed by atoms with Gasteiger partial charge in [-0.2, -0.15) is 0 Å². The number of aromatic nitrogens is 2. The number of benzene rings is 2. The summed E-state index contributed by atoms with van der Waals surface area (Å²) in [6.45, 7) is 0.772. The molecule has 0 N–H and O–H groups in total. The molecule has 1 heterocycles. The Kier molecular flexibility index (Phi) is 3.41. The third-order valence-corrected chi connectivity index (χ3v) is 4.76. The summed E-state index contributed by atoms with van der Waals surface area (Å²) in [7, 11) is 1.84. The molecular weight excluding hydrogens is 284 g/mol. The average Bonchev–Trinajstić information content (AvgIpc) is 3.09. The van der Waals surface area contributed by atoms with Crippen molar-refractivity contribution in [3.63, 3.8) is 0 Å². The smallest absolute Gasteiger partial charge is 0.295 e. The van der Waals surface area contributed by atoms with Crippen molar-refractivity contribution in [1.82, 2.24) is 9.13 Å². The number of aryl methyl sites for hydroxylation is 2. The van der Waals surface area contributed by atoms with Crippen molar-refractivity contribution in [2.45, 2.75) is 25.8 Å². The van der Waals surface area contributed by atoms with Gasteiger partial charge in [-0.15, -0.1) is 0 Å². The van der Waals surface area contributed by atoms with Gasteiger partial charge in [-0.1, -0.05) is 48.0 Å². The second-order valence-corrected chi connectivity index (χ2v) is 6.26. The van der Waals surface area contributed by atoms with Gasteiger partial charge in [0, 0.05) is 13.6 Å². The highest BCUT2D eigenvalue weighted by atomic mass is 16.1. The van der Waals surface area contributed by atoms with Crippen LogP contribution in [-0.4, -0.2) is 9.13 Å². The topological polar surface area (TPSA) is 26.9 Å². The first-order chi connectivity index (χ1) is 11.2. The highest BCUT2D eigenvalue weighted by Gasteiger charge is 2.13. The first kappa shape index (κ1) is 14.1. The largest absolute Gasteiger partial charge is 0.328 e. The molecule has 0 unspecified atom stereocenters. The number of fused-ring (bicyclic) bond motifs is 2. The second kappa shape index (κ2) is 5.58. The molecular formula is C20H20N2O. The minimum atomic E-state index is 0.0786. The Labute approximate surface area is 135 Å². The molecule has 3 aromatic rings.